The summed E-state index contributed by atoms with van der Waals surface area (Å²) in [5, 5.41) is 0. The van der Waals surface area contributed by atoms with Crippen molar-refractivity contribution in [1.82, 2.24) is 0 Å². The van der Waals surface area contributed by atoms with Crippen LogP contribution < -0.4 is 0 Å². The van der Waals surface area contributed by atoms with Crippen LogP contribution in [-0.4, -0.2) is 5.88 Å². The van der Waals surface area contributed by atoms with Crippen molar-refractivity contribution >= 4 is 11.6 Å². The van der Waals surface area contributed by atoms with Gasteiger partial charge >= 0.3 is 0 Å². The van der Waals surface area contributed by atoms with Gasteiger partial charge in [-0.05, 0) is 24.7 Å². The third kappa shape index (κ3) is 2.17. The third-order valence-corrected chi connectivity index (χ3v) is 3.10. The van der Waals surface area contributed by atoms with Crippen molar-refractivity contribution in [2.24, 2.45) is 5.41 Å². The van der Waals surface area contributed by atoms with E-state index in [1.54, 1.807) is 0 Å². The summed E-state index contributed by atoms with van der Waals surface area (Å²) in [5.41, 5.74) is 0.432. The minimum atomic E-state index is 0.432. The van der Waals surface area contributed by atoms with Crippen LogP contribution in [0.15, 0.2) is 0 Å². The Morgan fingerprint density at radius 3 is 1.33 bits per heavy atom. The second-order valence-corrected chi connectivity index (χ2v) is 2.96. The molecule has 0 heterocycles. The fourth-order valence-electron chi connectivity index (χ4n) is 1.03. The molecule has 9 heavy (non-hydrogen) atoms. The van der Waals surface area contributed by atoms with E-state index >= 15 is 0 Å². The summed E-state index contributed by atoms with van der Waals surface area (Å²) >= 11 is 5.82. The van der Waals surface area contributed by atoms with Crippen LogP contribution in [0.1, 0.15) is 40.0 Å². The lowest BCUT2D eigenvalue weighted by Gasteiger charge is -2.27. The van der Waals surface area contributed by atoms with Crippen LogP contribution in [0.2, 0.25) is 0 Å². The Kier molecular flexibility index (Phi) is 4.29. The molecule has 0 atom stereocenters. The van der Waals surface area contributed by atoms with Crippen molar-refractivity contribution in [3.8, 4) is 0 Å². The SMILES string of the molecule is CCC(CC)(CC)CCl. The molecule has 0 aliphatic carbocycles. The summed E-state index contributed by atoms with van der Waals surface area (Å²) in [4.78, 5) is 0. The molecule has 0 unspecified atom stereocenters. The number of alkyl halides is 1. The van der Waals surface area contributed by atoms with Crippen molar-refractivity contribution in [3.05, 3.63) is 0 Å². The molecule has 0 radical (unpaired) electrons. The van der Waals surface area contributed by atoms with E-state index in [0.29, 0.717) is 5.41 Å². The Balaban J connectivity index is 3.82. The van der Waals surface area contributed by atoms with E-state index in [-0.39, 0.29) is 0 Å². The van der Waals surface area contributed by atoms with Crippen molar-refractivity contribution in [2.75, 3.05) is 5.88 Å². The number of halogens is 1. The standard InChI is InChI=1S/C8H17Cl/c1-4-8(5-2,6-3)7-9/h4-7H2,1-3H3. The lowest BCUT2D eigenvalue weighted by Crippen LogP contribution is -2.19. The molecule has 0 bridgehead atoms. The van der Waals surface area contributed by atoms with E-state index in [0.717, 1.165) is 5.88 Å². The maximum Gasteiger partial charge on any atom is 0.0279 e. The van der Waals surface area contributed by atoms with Gasteiger partial charge in [-0.2, -0.15) is 0 Å². The Bertz CT molecular complexity index is 47.5. The van der Waals surface area contributed by atoms with Crippen molar-refractivity contribution in [2.45, 2.75) is 40.0 Å². The van der Waals surface area contributed by atoms with Gasteiger partial charge in [-0.15, -0.1) is 11.6 Å². The highest BCUT2D eigenvalue weighted by molar-refractivity contribution is 6.18. The number of hydrogen-bond acceptors (Lipinski definition) is 0. The highest BCUT2D eigenvalue weighted by Crippen LogP contribution is 2.31. The van der Waals surface area contributed by atoms with E-state index in [1.165, 1.54) is 19.3 Å². The van der Waals surface area contributed by atoms with Gasteiger partial charge in [0.1, 0.15) is 0 Å². The predicted molar refractivity (Wildman–Crippen MR) is 44.0 cm³/mol. The van der Waals surface area contributed by atoms with E-state index in [4.69, 9.17) is 11.6 Å². The molecule has 0 aromatic heterocycles. The molecular formula is C8H17Cl. The Labute approximate surface area is 63.6 Å². The summed E-state index contributed by atoms with van der Waals surface area (Å²) < 4.78 is 0. The van der Waals surface area contributed by atoms with Gasteiger partial charge in [0, 0.05) is 5.88 Å². The van der Waals surface area contributed by atoms with Gasteiger partial charge in [0.25, 0.3) is 0 Å². The van der Waals surface area contributed by atoms with Gasteiger partial charge in [0.15, 0.2) is 0 Å². The summed E-state index contributed by atoms with van der Waals surface area (Å²) in [7, 11) is 0. The molecule has 0 aromatic carbocycles. The monoisotopic (exact) mass is 148 g/mol. The molecule has 0 N–H and O–H groups in total. The minimum absolute atomic E-state index is 0.432. The van der Waals surface area contributed by atoms with Crippen LogP contribution in [0, 0.1) is 5.41 Å². The predicted octanol–water partition coefficient (Wildman–Crippen LogP) is 3.44. The molecule has 0 aliphatic heterocycles. The van der Waals surface area contributed by atoms with Gasteiger partial charge in [-0.1, -0.05) is 20.8 Å². The van der Waals surface area contributed by atoms with Crippen molar-refractivity contribution in [1.29, 1.82) is 0 Å². The maximum atomic E-state index is 5.82. The highest BCUT2D eigenvalue weighted by Gasteiger charge is 2.21. The zero-order valence-corrected chi connectivity index (χ0v) is 7.46. The Morgan fingerprint density at radius 1 is 1.00 bits per heavy atom. The molecule has 0 spiro atoms. The third-order valence-electron chi connectivity index (χ3n) is 2.53. The topological polar surface area (TPSA) is 0 Å². The fraction of sp³-hybridized carbons (Fsp3) is 1.00. The molecular weight excluding hydrogens is 132 g/mol. The maximum absolute atomic E-state index is 5.82. The quantitative estimate of drug-likeness (QED) is 0.536. The lowest BCUT2D eigenvalue weighted by atomic mass is 9.82. The molecule has 0 saturated carbocycles. The van der Waals surface area contributed by atoms with Crippen LogP contribution in [0.4, 0.5) is 0 Å². The molecule has 0 aliphatic rings. The van der Waals surface area contributed by atoms with Crippen LogP contribution in [-0.2, 0) is 0 Å². The average Bonchev–Trinajstić information content (AvgIpc) is 1.95. The summed E-state index contributed by atoms with van der Waals surface area (Å²) in [6.07, 6.45) is 3.64. The molecule has 0 rings (SSSR count). The van der Waals surface area contributed by atoms with Crippen molar-refractivity contribution < 1.29 is 0 Å². The largest absolute Gasteiger partial charge is 0.126 e. The minimum Gasteiger partial charge on any atom is -0.126 e. The van der Waals surface area contributed by atoms with E-state index < -0.39 is 0 Å². The normalized spacial score (nSPS) is 12.0. The Morgan fingerprint density at radius 2 is 1.33 bits per heavy atom. The molecule has 0 saturated heterocycles. The number of rotatable bonds is 4. The van der Waals surface area contributed by atoms with Gasteiger partial charge in [0.2, 0.25) is 0 Å². The van der Waals surface area contributed by atoms with E-state index in [9.17, 15) is 0 Å². The summed E-state index contributed by atoms with van der Waals surface area (Å²) in [5.74, 6) is 0.816. The molecule has 0 aromatic rings. The Hall–Kier alpha value is 0.290. The van der Waals surface area contributed by atoms with Gasteiger partial charge in [-0.25, -0.2) is 0 Å². The van der Waals surface area contributed by atoms with Crippen LogP contribution in [0.25, 0.3) is 0 Å². The summed E-state index contributed by atoms with van der Waals surface area (Å²) in [6, 6.07) is 0. The first kappa shape index (κ1) is 9.29. The zero-order chi connectivity index (χ0) is 7.33. The zero-order valence-electron chi connectivity index (χ0n) is 6.71. The van der Waals surface area contributed by atoms with E-state index in [1.807, 2.05) is 0 Å². The van der Waals surface area contributed by atoms with Crippen LogP contribution in [0.3, 0.4) is 0 Å². The molecule has 56 valence electrons. The van der Waals surface area contributed by atoms with E-state index in [2.05, 4.69) is 20.8 Å². The van der Waals surface area contributed by atoms with Crippen LogP contribution in [0.5, 0.6) is 0 Å². The highest BCUT2D eigenvalue weighted by atomic mass is 35.5. The first-order chi connectivity index (χ1) is 4.24. The van der Waals surface area contributed by atoms with Crippen LogP contribution >= 0.6 is 11.6 Å². The molecule has 0 nitrogen and oxygen atoms in total. The fourth-order valence-corrected chi connectivity index (χ4v) is 1.60. The lowest BCUT2D eigenvalue weighted by molar-refractivity contribution is 0.292. The van der Waals surface area contributed by atoms with Gasteiger partial charge in [-0.3, -0.25) is 0 Å². The van der Waals surface area contributed by atoms with Crippen molar-refractivity contribution in [3.63, 3.8) is 0 Å². The molecule has 1 heteroatoms. The smallest absolute Gasteiger partial charge is 0.0279 e. The van der Waals surface area contributed by atoms with Gasteiger partial charge in [0.05, 0.1) is 0 Å². The molecule has 0 amide bonds. The summed E-state index contributed by atoms with van der Waals surface area (Å²) in [6.45, 7) is 6.65. The van der Waals surface area contributed by atoms with Gasteiger partial charge < -0.3 is 0 Å². The first-order valence-corrected chi connectivity index (χ1v) is 4.34. The first-order valence-electron chi connectivity index (χ1n) is 3.80. The second kappa shape index (κ2) is 4.16. The second-order valence-electron chi connectivity index (χ2n) is 2.69. The average molecular weight is 149 g/mol. The molecule has 0 fully saturated rings. The number of hydrogen-bond donors (Lipinski definition) is 0.